The summed E-state index contributed by atoms with van der Waals surface area (Å²) in [6.07, 6.45) is 17.8. The Kier molecular flexibility index (Phi) is 33.5. The van der Waals surface area contributed by atoms with Gasteiger partial charge in [0.2, 0.25) is 20.0 Å². The first kappa shape index (κ1) is 93.3. The molecule has 0 bridgehead atoms. The van der Waals surface area contributed by atoms with Crippen LogP contribution in [0, 0.1) is 0 Å². The first-order valence-electron chi connectivity index (χ1n) is 41.0. The maximum atomic E-state index is 12.9. The number of pyridine rings is 2. The Hall–Kier alpha value is -13.4. The minimum Gasteiger partial charge on any atom is -0.507 e. The lowest BCUT2D eigenvalue weighted by Crippen LogP contribution is -2.51. The van der Waals surface area contributed by atoms with Crippen LogP contribution < -0.4 is 23.7 Å². The van der Waals surface area contributed by atoms with E-state index < -0.39 is 20.0 Å². The van der Waals surface area contributed by atoms with Crippen molar-refractivity contribution in [2.75, 3.05) is 79.0 Å². The number of carbonyl (C=O) groups excluding carboxylic acids is 8. The molecule has 0 spiro atoms. The summed E-state index contributed by atoms with van der Waals surface area (Å²) in [7, 11) is -7.23. The molecule has 32 nitrogen and oxygen atoms in total. The number of ether oxygens (including phenoxy) is 6. The molecule has 8 heterocycles. The number of hydrogen-bond acceptors (Lipinski definition) is 26. The van der Waals surface area contributed by atoms with Crippen LogP contribution in [-0.4, -0.2) is 244 Å². The average molecular weight is 1760 g/mol. The van der Waals surface area contributed by atoms with Crippen molar-refractivity contribution in [1.82, 2.24) is 43.1 Å². The number of amides is 3. The molecule has 0 radical (unpaired) electrons. The lowest BCUT2D eigenvalue weighted by atomic mass is 10.0. The van der Waals surface area contributed by atoms with E-state index in [0.717, 1.165) is 44.9 Å². The number of piperidine rings is 1. The standard InChI is InChI=1S/C19H23N3O4.C19H20N2O4.C19H19NO5.C18H19NO5S.C17H18N2O5S/c1-13(2)22-16(8-9-20-22)19(25)21-10-4-5-14(21)12-26-18-7-3-6-17(24)15(18)11-23;22-12-16-17(23)7-3-8-18(16)25-13-15-6-1-2-10-21(15)19(24)14-5-4-9-20-11-14;21-11-16-17(22)7-4-8-18(16)25-13-15-12-24-10-9-20(15)19(23)14-5-2-1-3-6-14;20-12-16-17(21)9-4-10-18(16)24-13-14-6-5-11-19(14)25(22,23)15-7-2-1-3-8-15;20-11-15-16(21)6-1-7-17(15)24-12-13-4-3-9-19(13)25(22,23)14-5-2-8-18-10-14/h3,6-9,11,13-14,24H,4-5,10,12H2,1-2H3;3-5,7-9,11-12,15,23H,1-2,6,10,13H2;1-8,11,15,22H,9-10,12-13H2;1-4,7-10,12,14,21H,5-6,11,13H2;1-2,5-8,10-11,13,21H,3-4,9,12H2/t14-;2*15-;14-;13-/m00000/s1. The molecule has 5 N–H and O–H groups in total. The SMILES string of the molecule is CC(C)n1nccc1C(=O)N1CCC[C@H]1COc1cccc(O)c1C=O.O=Cc1c(O)cccc1OC[C@@H]1CCCCN1C(=O)c1cccnc1.O=Cc1c(O)cccc1OC[C@@H]1CCCN1S(=O)(=O)c1ccccc1.O=Cc1c(O)cccc1OC[C@@H]1CCCN1S(=O)(=O)c1cccnc1.O=Cc1c(O)cccc1OC[C@@H]1COCCN1C(=O)c1ccccc1. The summed E-state index contributed by atoms with van der Waals surface area (Å²) in [5.74, 6) is 0.534. The van der Waals surface area contributed by atoms with Crippen LogP contribution in [0.15, 0.2) is 223 Å². The van der Waals surface area contributed by atoms with Crippen molar-refractivity contribution in [3.8, 4) is 57.5 Å². The summed E-state index contributed by atoms with van der Waals surface area (Å²) in [5.41, 5.74) is 2.21. The number of aromatic hydroxyl groups is 5. The van der Waals surface area contributed by atoms with E-state index in [0.29, 0.717) is 119 Å². The summed E-state index contributed by atoms with van der Waals surface area (Å²) in [5, 5.41) is 52.8. The molecule has 662 valence electrons. The van der Waals surface area contributed by atoms with Crippen molar-refractivity contribution in [1.29, 1.82) is 0 Å². The molecule has 5 atom stereocenters. The number of aromatic nitrogens is 4. The van der Waals surface area contributed by atoms with Crippen molar-refractivity contribution in [2.45, 2.75) is 118 Å². The molecule has 7 aromatic carbocycles. The highest BCUT2D eigenvalue weighted by Gasteiger charge is 2.39. The summed E-state index contributed by atoms with van der Waals surface area (Å²) >= 11 is 0. The Balaban J connectivity index is 0.000000153. The molecular formula is C92H99N9O23S2. The number of aldehydes is 5. The lowest BCUT2D eigenvalue weighted by Gasteiger charge is -2.35. The molecule has 3 amide bonds. The van der Waals surface area contributed by atoms with Gasteiger partial charge in [-0.25, -0.2) is 16.8 Å². The van der Waals surface area contributed by atoms with Crippen LogP contribution in [0.1, 0.15) is 161 Å². The molecule has 15 rings (SSSR count). The van der Waals surface area contributed by atoms with Gasteiger partial charge in [0, 0.05) is 75.3 Å². The van der Waals surface area contributed by atoms with Gasteiger partial charge in [-0.2, -0.15) is 13.7 Å². The van der Waals surface area contributed by atoms with Crippen LogP contribution in [0.5, 0.6) is 57.5 Å². The highest BCUT2D eigenvalue weighted by molar-refractivity contribution is 7.89. The van der Waals surface area contributed by atoms with Gasteiger partial charge >= 0.3 is 0 Å². The molecule has 34 heteroatoms. The van der Waals surface area contributed by atoms with Crippen molar-refractivity contribution < 1.29 is 109 Å². The fourth-order valence-corrected chi connectivity index (χ4v) is 18.3. The third kappa shape index (κ3) is 23.5. The quantitative estimate of drug-likeness (QED) is 0.0284. The molecule has 5 aliphatic rings. The number of carbonyl (C=O) groups is 8. The summed E-state index contributed by atoms with van der Waals surface area (Å²) < 4.78 is 89.7. The van der Waals surface area contributed by atoms with Gasteiger partial charge in [-0.1, -0.05) is 66.7 Å². The van der Waals surface area contributed by atoms with Gasteiger partial charge in [0.1, 0.15) is 101 Å². The van der Waals surface area contributed by atoms with Crippen molar-refractivity contribution >= 4 is 69.2 Å². The average Bonchev–Trinajstić information content (AvgIpc) is 1.60. The van der Waals surface area contributed by atoms with Crippen LogP contribution in [0.25, 0.3) is 0 Å². The number of phenols is 5. The Labute approximate surface area is 729 Å². The second kappa shape index (κ2) is 45.3. The van der Waals surface area contributed by atoms with Crippen LogP contribution in [0.4, 0.5) is 0 Å². The first-order valence-corrected chi connectivity index (χ1v) is 43.9. The molecular weight excluding hydrogens is 1660 g/mol. The number of sulfonamides is 2. The zero-order valence-corrected chi connectivity index (χ0v) is 71.0. The minimum atomic E-state index is -3.64. The molecule has 0 saturated carbocycles. The van der Waals surface area contributed by atoms with E-state index in [-0.39, 0.29) is 171 Å². The Morgan fingerprint density at radius 1 is 0.389 bits per heavy atom. The molecule has 3 aromatic heterocycles. The van der Waals surface area contributed by atoms with E-state index in [9.17, 15) is 80.7 Å². The predicted octanol–water partition coefficient (Wildman–Crippen LogP) is 11.7. The van der Waals surface area contributed by atoms with Crippen LogP contribution >= 0.6 is 0 Å². The van der Waals surface area contributed by atoms with E-state index in [1.807, 2.05) is 36.9 Å². The maximum Gasteiger partial charge on any atom is 0.272 e. The second-order valence-corrected chi connectivity index (χ2v) is 33.7. The van der Waals surface area contributed by atoms with Gasteiger partial charge in [-0.05, 0) is 187 Å². The van der Waals surface area contributed by atoms with E-state index in [1.54, 1.807) is 160 Å². The van der Waals surface area contributed by atoms with E-state index in [1.165, 1.54) is 57.4 Å². The maximum absolute atomic E-state index is 12.9. The Morgan fingerprint density at radius 3 is 1.19 bits per heavy atom. The van der Waals surface area contributed by atoms with Gasteiger partial charge in [0.05, 0.1) is 81.7 Å². The zero-order chi connectivity index (χ0) is 89.7. The fourth-order valence-electron chi connectivity index (χ4n) is 15.0. The van der Waals surface area contributed by atoms with Gasteiger partial charge in [-0.3, -0.25) is 53.0 Å². The number of rotatable bonds is 28. The van der Waals surface area contributed by atoms with Gasteiger partial charge in [0.25, 0.3) is 17.7 Å². The highest BCUT2D eigenvalue weighted by Crippen LogP contribution is 2.35. The third-order valence-electron chi connectivity index (χ3n) is 21.5. The van der Waals surface area contributed by atoms with Gasteiger partial charge < -0.3 is 68.7 Å². The first-order chi connectivity index (χ1) is 61.0. The molecule has 5 fully saturated rings. The molecule has 0 unspecified atom stereocenters. The summed E-state index contributed by atoms with van der Waals surface area (Å²) in [4.78, 5) is 108. The summed E-state index contributed by atoms with van der Waals surface area (Å²) in [6.45, 7) is 8.38. The lowest BCUT2D eigenvalue weighted by molar-refractivity contribution is -0.0151. The van der Waals surface area contributed by atoms with Crippen molar-refractivity contribution in [2.24, 2.45) is 0 Å². The second-order valence-electron chi connectivity index (χ2n) is 29.9. The number of nitrogens with zero attached hydrogens (tertiary/aromatic N) is 9. The largest absolute Gasteiger partial charge is 0.507 e. The van der Waals surface area contributed by atoms with Crippen molar-refractivity contribution in [3.63, 3.8) is 0 Å². The van der Waals surface area contributed by atoms with Crippen LogP contribution in [0.3, 0.4) is 0 Å². The van der Waals surface area contributed by atoms with E-state index in [4.69, 9.17) is 28.4 Å². The number of phenolic OH excluding ortho intramolecular Hbond substituents is 5. The topological polar surface area (TPSA) is 421 Å². The summed E-state index contributed by atoms with van der Waals surface area (Å²) in [6, 6.07) is 47.8. The zero-order valence-electron chi connectivity index (χ0n) is 69.3. The number of morpholine rings is 1. The smallest absolute Gasteiger partial charge is 0.272 e. The van der Waals surface area contributed by atoms with E-state index in [2.05, 4.69) is 15.1 Å². The number of benzene rings is 7. The predicted molar refractivity (Wildman–Crippen MR) is 461 cm³/mol. The van der Waals surface area contributed by atoms with Gasteiger partial charge in [0.15, 0.2) is 31.4 Å². The van der Waals surface area contributed by atoms with Crippen LogP contribution in [0.2, 0.25) is 0 Å². The minimum absolute atomic E-state index is 0.0576. The number of hydrogen-bond donors (Lipinski definition) is 5. The van der Waals surface area contributed by atoms with Crippen LogP contribution in [-0.2, 0) is 24.8 Å². The molecule has 126 heavy (non-hydrogen) atoms. The van der Waals surface area contributed by atoms with Gasteiger partial charge in [-0.15, -0.1) is 0 Å². The highest BCUT2D eigenvalue weighted by atomic mass is 32.2. The third-order valence-corrected chi connectivity index (χ3v) is 25.4. The molecule has 5 saturated heterocycles. The van der Waals surface area contributed by atoms with E-state index >= 15 is 0 Å². The molecule has 10 aromatic rings. The fraction of sp³-hybridized carbons (Fsp3) is 0.315. The molecule has 5 aliphatic heterocycles. The number of likely N-dealkylation sites (tertiary alicyclic amines) is 2. The normalized spacial score (nSPS) is 17.5. The van der Waals surface area contributed by atoms with Crippen molar-refractivity contribution in [3.05, 3.63) is 258 Å². The Bertz CT molecular complexity index is 5310. The molecule has 0 aliphatic carbocycles. The Morgan fingerprint density at radius 2 is 0.754 bits per heavy atom. The monoisotopic (exact) mass is 1760 g/mol.